The molecule has 0 aliphatic rings. The molecule has 0 saturated heterocycles. The number of hydrogen-bond acceptors (Lipinski definition) is 5. The standard InChI is InChI=1S/C10H8BrF2N5/c11-6-4-15-10(18-14)17-9(6)16-8-2-1-5(12)3-7(8)13/h1-4H,14H2,(H2,15,16,17,18). The Bertz CT molecular complexity index is 578. The van der Waals surface area contributed by atoms with Gasteiger partial charge in [-0.1, -0.05) is 0 Å². The number of hydrazine groups is 1. The highest BCUT2D eigenvalue weighted by atomic mass is 79.9. The lowest BCUT2D eigenvalue weighted by Crippen LogP contribution is -2.11. The maximum atomic E-state index is 13.4. The molecule has 0 spiro atoms. The highest BCUT2D eigenvalue weighted by Crippen LogP contribution is 2.25. The van der Waals surface area contributed by atoms with E-state index in [2.05, 4.69) is 36.6 Å². The van der Waals surface area contributed by atoms with E-state index in [0.717, 1.165) is 12.1 Å². The summed E-state index contributed by atoms with van der Waals surface area (Å²) in [7, 11) is 0. The second kappa shape index (κ2) is 5.23. The smallest absolute Gasteiger partial charge is 0.239 e. The SMILES string of the molecule is NNc1ncc(Br)c(Nc2ccc(F)cc2F)n1. The summed E-state index contributed by atoms with van der Waals surface area (Å²) in [6, 6.07) is 3.19. The summed E-state index contributed by atoms with van der Waals surface area (Å²) in [5, 5.41) is 2.71. The van der Waals surface area contributed by atoms with Crippen molar-refractivity contribution in [1.29, 1.82) is 0 Å². The quantitative estimate of drug-likeness (QED) is 0.599. The first kappa shape index (κ1) is 12.7. The van der Waals surface area contributed by atoms with E-state index in [9.17, 15) is 8.78 Å². The molecule has 0 atom stereocenters. The van der Waals surface area contributed by atoms with E-state index in [1.807, 2.05) is 0 Å². The average Bonchev–Trinajstić information content (AvgIpc) is 2.35. The second-order valence-corrected chi connectivity index (χ2v) is 4.14. The van der Waals surface area contributed by atoms with Crippen LogP contribution in [0.5, 0.6) is 0 Å². The lowest BCUT2D eigenvalue weighted by atomic mass is 10.3. The van der Waals surface area contributed by atoms with E-state index in [1.165, 1.54) is 12.3 Å². The first-order chi connectivity index (χ1) is 8.60. The number of aromatic nitrogens is 2. The maximum absolute atomic E-state index is 13.4. The highest BCUT2D eigenvalue weighted by molar-refractivity contribution is 9.10. The second-order valence-electron chi connectivity index (χ2n) is 3.28. The van der Waals surface area contributed by atoms with Crippen LogP contribution in [0, 0.1) is 11.6 Å². The molecule has 0 aliphatic heterocycles. The van der Waals surface area contributed by atoms with Crippen molar-refractivity contribution in [3.8, 4) is 0 Å². The minimum Gasteiger partial charge on any atom is -0.337 e. The van der Waals surface area contributed by atoms with Gasteiger partial charge in [-0.3, -0.25) is 5.43 Å². The van der Waals surface area contributed by atoms with Crippen molar-refractivity contribution in [1.82, 2.24) is 9.97 Å². The number of nitrogen functional groups attached to an aromatic ring is 1. The van der Waals surface area contributed by atoms with Gasteiger partial charge in [0.2, 0.25) is 5.95 Å². The third kappa shape index (κ3) is 2.71. The van der Waals surface area contributed by atoms with Crippen LogP contribution >= 0.6 is 15.9 Å². The summed E-state index contributed by atoms with van der Waals surface area (Å²) in [6.07, 6.45) is 1.45. The van der Waals surface area contributed by atoms with E-state index in [4.69, 9.17) is 5.84 Å². The largest absolute Gasteiger partial charge is 0.337 e. The Labute approximate surface area is 110 Å². The Morgan fingerprint density at radius 3 is 2.72 bits per heavy atom. The van der Waals surface area contributed by atoms with Gasteiger partial charge in [-0.15, -0.1) is 0 Å². The molecule has 2 rings (SSSR count). The number of nitrogens with one attached hydrogen (secondary N) is 2. The molecule has 5 nitrogen and oxygen atoms in total. The van der Waals surface area contributed by atoms with Gasteiger partial charge in [-0.05, 0) is 28.1 Å². The fraction of sp³-hybridized carbons (Fsp3) is 0. The lowest BCUT2D eigenvalue weighted by molar-refractivity contribution is 0.586. The summed E-state index contributed by atoms with van der Waals surface area (Å²) in [5.74, 6) is 4.28. The van der Waals surface area contributed by atoms with Gasteiger partial charge < -0.3 is 5.32 Å². The summed E-state index contributed by atoms with van der Waals surface area (Å²) in [4.78, 5) is 7.83. The van der Waals surface area contributed by atoms with Gasteiger partial charge in [0.25, 0.3) is 0 Å². The van der Waals surface area contributed by atoms with Crippen molar-refractivity contribution >= 4 is 33.4 Å². The first-order valence-electron chi connectivity index (χ1n) is 4.81. The van der Waals surface area contributed by atoms with Crippen molar-refractivity contribution in [2.24, 2.45) is 5.84 Å². The van der Waals surface area contributed by atoms with Gasteiger partial charge in [0, 0.05) is 12.3 Å². The Morgan fingerprint density at radius 2 is 2.06 bits per heavy atom. The van der Waals surface area contributed by atoms with Crippen molar-refractivity contribution < 1.29 is 8.78 Å². The van der Waals surface area contributed by atoms with E-state index in [0.29, 0.717) is 10.3 Å². The Balaban J connectivity index is 2.33. The highest BCUT2D eigenvalue weighted by Gasteiger charge is 2.08. The molecule has 1 heterocycles. The van der Waals surface area contributed by atoms with Crippen LogP contribution < -0.4 is 16.6 Å². The Kier molecular flexibility index (Phi) is 3.68. The predicted octanol–water partition coefficient (Wildman–Crippen LogP) is 2.55. The van der Waals surface area contributed by atoms with Crippen LogP contribution in [0.2, 0.25) is 0 Å². The predicted molar refractivity (Wildman–Crippen MR) is 67.2 cm³/mol. The Hall–Kier alpha value is -1.80. The molecule has 94 valence electrons. The van der Waals surface area contributed by atoms with Crippen molar-refractivity contribution in [3.05, 3.63) is 40.5 Å². The fourth-order valence-corrected chi connectivity index (χ4v) is 1.53. The zero-order valence-electron chi connectivity index (χ0n) is 8.92. The number of nitrogens with zero attached hydrogens (tertiary/aromatic N) is 2. The summed E-state index contributed by atoms with van der Waals surface area (Å²) in [6.45, 7) is 0. The van der Waals surface area contributed by atoms with Crippen LogP contribution in [0.3, 0.4) is 0 Å². The van der Waals surface area contributed by atoms with Crippen molar-refractivity contribution in [3.63, 3.8) is 0 Å². The van der Waals surface area contributed by atoms with Gasteiger partial charge in [0.1, 0.15) is 11.6 Å². The molecule has 0 unspecified atom stereocenters. The van der Waals surface area contributed by atoms with Gasteiger partial charge >= 0.3 is 0 Å². The molecule has 0 saturated carbocycles. The average molecular weight is 316 g/mol. The molecule has 0 aliphatic carbocycles. The van der Waals surface area contributed by atoms with Crippen LogP contribution in [-0.4, -0.2) is 9.97 Å². The molecular weight excluding hydrogens is 308 g/mol. The van der Waals surface area contributed by atoms with Crippen LogP contribution in [0.1, 0.15) is 0 Å². The zero-order chi connectivity index (χ0) is 13.1. The molecule has 1 aromatic heterocycles. The molecule has 8 heteroatoms. The molecule has 18 heavy (non-hydrogen) atoms. The molecule has 0 bridgehead atoms. The van der Waals surface area contributed by atoms with Gasteiger partial charge in [-0.2, -0.15) is 4.98 Å². The van der Waals surface area contributed by atoms with Gasteiger partial charge in [0.15, 0.2) is 5.82 Å². The molecule has 0 radical (unpaired) electrons. The number of rotatable bonds is 3. The van der Waals surface area contributed by atoms with Crippen LogP contribution in [-0.2, 0) is 0 Å². The molecule has 0 amide bonds. The zero-order valence-corrected chi connectivity index (χ0v) is 10.5. The lowest BCUT2D eigenvalue weighted by Gasteiger charge is -2.09. The monoisotopic (exact) mass is 315 g/mol. The topological polar surface area (TPSA) is 75.9 Å². The summed E-state index contributed by atoms with van der Waals surface area (Å²) >= 11 is 3.20. The van der Waals surface area contributed by atoms with E-state index < -0.39 is 11.6 Å². The Morgan fingerprint density at radius 1 is 1.28 bits per heavy atom. The van der Waals surface area contributed by atoms with Crippen molar-refractivity contribution in [2.45, 2.75) is 0 Å². The summed E-state index contributed by atoms with van der Waals surface area (Å²) < 4.78 is 26.7. The van der Waals surface area contributed by atoms with Crippen molar-refractivity contribution in [2.75, 3.05) is 10.7 Å². The van der Waals surface area contributed by atoms with E-state index >= 15 is 0 Å². The summed E-state index contributed by atoms with van der Waals surface area (Å²) in [5.41, 5.74) is 2.36. The molecule has 2 aromatic rings. The van der Waals surface area contributed by atoms with E-state index in [-0.39, 0.29) is 11.6 Å². The minimum atomic E-state index is -0.720. The van der Waals surface area contributed by atoms with Gasteiger partial charge in [0.05, 0.1) is 10.2 Å². The first-order valence-corrected chi connectivity index (χ1v) is 5.60. The van der Waals surface area contributed by atoms with Crippen LogP contribution in [0.25, 0.3) is 0 Å². The van der Waals surface area contributed by atoms with Gasteiger partial charge in [-0.25, -0.2) is 19.6 Å². The number of benzene rings is 1. The number of anilines is 3. The number of hydrogen-bond donors (Lipinski definition) is 3. The number of nitrogens with two attached hydrogens (primary N) is 1. The van der Waals surface area contributed by atoms with Crippen LogP contribution in [0.15, 0.2) is 28.9 Å². The molecular formula is C10H8BrF2N5. The van der Waals surface area contributed by atoms with Crippen LogP contribution in [0.4, 0.5) is 26.2 Å². The minimum absolute atomic E-state index is 0.0961. The third-order valence-corrected chi connectivity index (χ3v) is 2.64. The number of halogens is 3. The normalized spacial score (nSPS) is 10.2. The maximum Gasteiger partial charge on any atom is 0.239 e. The van der Waals surface area contributed by atoms with E-state index in [1.54, 1.807) is 0 Å². The third-order valence-electron chi connectivity index (χ3n) is 2.06. The molecule has 4 N–H and O–H groups in total. The molecule has 0 fully saturated rings. The molecule has 1 aromatic carbocycles. The fourth-order valence-electron chi connectivity index (χ4n) is 1.24.